The first-order valence-corrected chi connectivity index (χ1v) is 9.71. The SMILES string of the molecule is CC(C)c1nc(CN2CCCCC2CCN2CCN(C)CC2)co1. The molecule has 5 heteroatoms. The van der Waals surface area contributed by atoms with Crippen molar-refractivity contribution in [1.82, 2.24) is 19.7 Å². The van der Waals surface area contributed by atoms with Gasteiger partial charge >= 0.3 is 0 Å². The summed E-state index contributed by atoms with van der Waals surface area (Å²) in [5.41, 5.74) is 1.10. The maximum atomic E-state index is 5.62. The lowest BCUT2D eigenvalue weighted by atomic mass is 9.98. The van der Waals surface area contributed by atoms with Crippen LogP contribution in [0.4, 0.5) is 0 Å². The molecule has 3 heterocycles. The zero-order valence-corrected chi connectivity index (χ0v) is 15.7. The van der Waals surface area contributed by atoms with Gasteiger partial charge in [-0.2, -0.15) is 0 Å². The molecule has 1 atom stereocenters. The third kappa shape index (κ3) is 4.80. The Balaban J connectivity index is 1.51. The van der Waals surface area contributed by atoms with Crippen molar-refractivity contribution in [3.05, 3.63) is 17.8 Å². The molecule has 0 bridgehead atoms. The van der Waals surface area contributed by atoms with Crippen LogP contribution in [0.15, 0.2) is 10.7 Å². The van der Waals surface area contributed by atoms with Gasteiger partial charge in [-0.3, -0.25) is 4.90 Å². The van der Waals surface area contributed by atoms with E-state index in [-0.39, 0.29) is 0 Å². The molecule has 0 aliphatic carbocycles. The number of hydrogen-bond acceptors (Lipinski definition) is 5. The van der Waals surface area contributed by atoms with E-state index >= 15 is 0 Å². The van der Waals surface area contributed by atoms with E-state index in [1.165, 1.54) is 65.0 Å². The zero-order chi connectivity index (χ0) is 16.9. The van der Waals surface area contributed by atoms with Crippen LogP contribution in [0.2, 0.25) is 0 Å². The molecular weight excluding hydrogens is 300 g/mol. The lowest BCUT2D eigenvalue weighted by molar-refractivity contribution is 0.101. The lowest BCUT2D eigenvalue weighted by Gasteiger charge is -2.38. The second-order valence-corrected chi connectivity index (χ2v) is 7.89. The van der Waals surface area contributed by atoms with Crippen LogP contribution in [0.25, 0.3) is 0 Å². The summed E-state index contributed by atoms with van der Waals surface area (Å²) in [4.78, 5) is 12.4. The first-order valence-electron chi connectivity index (χ1n) is 9.71. The molecule has 0 spiro atoms. The molecule has 0 amide bonds. The van der Waals surface area contributed by atoms with Crippen LogP contribution in [0.1, 0.15) is 57.0 Å². The van der Waals surface area contributed by atoms with Crippen molar-refractivity contribution < 1.29 is 4.42 Å². The van der Waals surface area contributed by atoms with Gasteiger partial charge in [0, 0.05) is 44.7 Å². The van der Waals surface area contributed by atoms with E-state index in [1.807, 2.05) is 6.26 Å². The fourth-order valence-corrected chi connectivity index (χ4v) is 3.87. The van der Waals surface area contributed by atoms with Gasteiger partial charge in [-0.25, -0.2) is 4.98 Å². The normalized spacial score (nSPS) is 24.8. The summed E-state index contributed by atoms with van der Waals surface area (Å²) in [5, 5.41) is 0. The number of piperazine rings is 1. The summed E-state index contributed by atoms with van der Waals surface area (Å²) in [7, 11) is 2.23. The van der Waals surface area contributed by atoms with Crippen LogP contribution in [-0.2, 0) is 6.54 Å². The Morgan fingerprint density at radius 1 is 1.17 bits per heavy atom. The molecule has 0 N–H and O–H groups in total. The molecule has 1 aromatic heterocycles. The molecular formula is C19H34N4O. The maximum absolute atomic E-state index is 5.62. The fraction of sp³-hybridized carbons (Fsp3) is 0.842. The van der Waals surface area contributed by atoms with Gasteiger partial charge in [-0.15, -0.1) is 0 Å². The van der Waals surface area contributed by atoms with Crippen molar-refractivity contribution in [2.24, 2.45) is 0 Å². The number of hydrogen-bond donors (Lipinski definition) is 0. The number of likely N-dealkylation sites (tertiary alicyclic amines) is 1. The number of aromatic nitrogens is 1. The molecule has 1 unspecified atom stereocenters. The number of nitrogens with zero attached hydrogens (tertiary/aromatic N) is 4. The minimum absolute atomic E-state index is 0.369. The quantitative estimate of drug-likeness (QED) is 0.799. The van der Waals surface area contributed by atoms with Crippen molar-refractivity contribution in [1.29, 1.82) is 0 Å². The van der Waals surface area contributed by atoms with Crippen LogP contribution in [0.3, 0.4) is 0 Å². The summed E-state index contributed by atoms with van der Waals surface area (Å²) in [6.45, 7) is 12.5. The molecule has 2 aliphatic heterocycles. The molecule has 5 nitrogen and oxygen atoms in total. The smallest absolute Gasteiger partial charge is 0.196 e. The molecule has 0 radical (unpaired) electrons. The van der Waals surface area contributed by atoms with Crippen molar-refractivity contribution >= 4 is 0 Å². The lowest BCUT2D eigenvalue weighted by Crippen LogP contribution is -2.47. The summed E-state index contributed by atoms with van der Waals surface area (Å²) in [6, 6.07) is 0.706. The van der Waals surface area contributed by atoms with Crippen LogP contribution in [0, 0.1) is 0 Å². The Morgan fingerprint density at radius 3 is 2.67 bits per heavy atom. The summed E-state index contributed by atoms with van der Waals surface area (Å²) in [6.07, 6.45) is 7.18. The highest BCUT2D eigenvalue weighted by atomic mass is 16.3. The van der Waals surface area contributed by atoms with Crippen molar-refractivity contribution in [2.45, 2.75) is 58.0 Å². The highest BCUT2D eigenvalue weighted by molar-refractivity contribution is 5.00. The topological polar surface area (TPSA) is 35.8 Å². The van der Waals surface area contributed by atoms with Gasteiger partial charge in [0.05, 0.1) is 5.69 Å². The average Bonchev–Trinajstić information content (AvgIpc) is 3.04. The first kappa shape index (κ1) is 17.9. The van der Waals surface area contributed by atoms with E-state index in [0.29, 0.717) is 12.0 Å². The number of piperidine rings is 1. The van der Waals surface area contributed by atoms with Crippen molar-refractivity contribution in [2.75, 3.05) is 46.3 Å². The first-order chi connectivity index (χ1) is 11.6. The third-order valence-corrected chi connectivity index (χ3v) is 5.55. The number of likely N-dealkylation sites (N-methyl/N-ethyl adjacent to an activating group) is 1. The van der Waals surface area contributed by atoms with Crippen molar-refractivity contribution in [3.8, 4) is 0 Å². The second-order valence-electron chi connectivity index (χ2n) is 7.89. The van der Waals surface area contributed by atoms with Gasteiger partial charge in [-0.1, -0.05) is 20.3 Å². The van der Waals surface area contributed by atoms with Gasteiger partial charge in [-0.05, 0) is 39.4 Å². The standard InChI is InChI=1S/C19H34N4O/c1-16(2)19-20-17(15-24-19)14-23-8-5-4-6-18(23)7-9-22-12-10-21(3)11-13-22/h15-16,18H,4-14H2,1-3H3. The summed E-state index contributed by atoms with van der Waals surface area (Å²) in [5.74, 6) is 1.24. The minimum atomic E-state index is 0.369. The second kappa shape index (κ2) is 8.45. The Morgan fingerprint density at radius 2 is 1.96 bits per heavy atom. The molecule has 24 heavy (non-hydrogen) atoms. The van der Waals surface area contributed by atoms with Gasteiger partial charge < -0.3 is 14.2 Å². The summed E-state index contributed by atoms with van der Waals surface area (Å²) < 4.78 is 5.62. The van der Waals surface area contributed by atoms with Crippen LogP contribution < -0.4 is 0 Å². The molecule has 2 aliphatic rings. The monoisotopic (exact) mass is 334 g/mol. The average molecular weight is 335 g/mol. The minimum Gasteiger partial charge on any atom is -0.448 e. The van der Waals surface area contributed by atoms with E-state index in [4.69, 9.17) is 4.42 Å². The van der Waals surface area contributed by atoms with Crippen LogP contribution >= 0.6 is 0 Å². The third-order valence-electron chi connectivity index (χ3n) is 5.55. The zero-order valence-electron chi connectivity index (χ0n) is 15.7. The van der Waals surface area contributed by atoms with Gasteiger partial charge in [0.1, 0.15) is 6.26 Å². The predicted molar refractivity (Wildman–Crippen MR) is 97.2 cm³/mol. The Labute approximate surface area is 147 Å². The molecule has 0 saturated carbocycles. The largest absolute Gasteiger partial charge is 0.448 e. The van der Waals surface area contributed by atoms with Crippen LogP contribution in [-0.4, -0.2) is 72.0 Å². The van der Waals surface area contributed by atoms with E-state index in [9.17, 15) is 0 Å². The highest BCUT2D eigenvalue weighted by Crippen LogP contribution is 2.23. The van der Waals surface area contributed by atoms with E-state index in [0.717, 1.165) is 18.1 Å². The van der Waals surface area contributed by atoms with Crippen LogP contribution in [0.5, 0.6) is 0 Å². The molecule has 2 saturated heterocycles. The number of oxazole rings is 1. The van der Waals surface area contributed by atoms with Gasteiger partial charge in [0.15, 0.2) is 5.89 Å². The van der Waals surface area contributed by atoms with E-state index < -0.39 is 0 Å². The summed E-state index contributed by atoms with van der Waals surface area (Å²) >= 11 is 0. The molecule has 3 rings (SSSR count). The van der Waals surface area contributed by atoms with E-state index in [1.54, 1.807) is 0 Å². The number of rotatable bonds is 6. The molecule has 136 valence electrons. The maximum Gasteiger partial charge on any atom is 0.196 e. The molecule has 0 aromatic carbocycles. The van der Waals surface area contributed by atoms with E-state index in [2.05, 4.69) is 40.6 Å². The molecule has 2 fully saturated rings. The Bertz CT molecular complexity index is 493. The van der Waals surface area contributed by atoms with Gasteiger partial charge in [0.25, 0.3) is 0 Å². The predicted octanol–water partition coefficient (Wildman–Crippen LogP) is 2.79. The van der Waals surface area contributed by atoms with Crippen molar-refractivity contribution in [3.63, 3.8) is 0 Å². The molecule has 1 aromatic rings. The highest BCUT2D eigenvalue weighted by Gasteiger charge is 2.24. The Kier molecular flexibility index (Phi) is 6.31. The Hall–Kier alpha value is -0.910. The fourth-order valence-electron chi connectivity index (χ4n) is 3.87. The van der Waals surface area contributed by atoms with Gasteiger partial charge in [0.2, 0.25) is 0 Å².